The smallest absolute Gasteiger partial charge is 0.136 e. The topological polar surface area (TPSA) is 46.5 Å². The predicted molar refractivity (Wildman–Crippen MR) is 153 cm³/mol. The van der Waals surface area contributed by atoms with Gasteiger partial charge < -0.3 is 9.63 Å². The summed E-state index contributed by atoms with van der Waals surface area (Å²) in [6.07, 6.45) is 1.47. The highest BCUT2D eigenvalue weighted by atomic mass is 33.1. The molecule has 3 nitrogen and oxygen atoms in total. The molecule has 2 rings (SSSR count). The normalized spacial score (nSPS) is 33.5. The SMILES string of the molecule is CC1=C2C(OP(P(P)P)P(PP)P(P)P)CC(C)C(=O)CC(CC1O)C2(C)C. The fourth-order valence-electron chi connectivity index (χ4n) is 4.28. The van der Waals surface area contributed by atoms with Crippen LogP contribution in [0.25, 0.3) is 0 Å². The molecule has 0 aromatic heterocycles. The van der Waals surface area contributed by atoms with E-state index in [1.807, 2.05) is 0 Å². The molecule has 0 spiro atoms. The molecule has 0 amide bonds. The molecule has 12 unspecified atom stereocenters. The van der Waals surface area contributed by atoms with Crippen molar-refractivity contribution >= 4 is 86.9 Å². The van der Waals surface area contributed by atoms with Gasteiger partial charge in [0.1, 0.15) is 5.78 Å². The first-order valence-corrected chi connectivity index (χ1v) is 26.7. The lowest BCUT2D eigenvalue weighted by Crippen LogP contribution is -2.45. The first kappa shape index (κ1) is 27.9. The van der Waals surface area contributed by atoms with Crippen molar-refractivity contribution in [1.29, 1.82) is 0 Å². The number of carbonyl (C=O) groups is 1. The summed E-state index contributed by atoms with van der Waals surface area (Å²) in [6.45, 7) is 7.87. The molecular formula is C15H34O3P10. The highest BCUT2D eigenvalue weighted by Crippen LogP contribution is 3.09. The average Bonchev–Trinajstić information content (AvgIpc) is 2.57. The Hall–Kier alpha value is 3.63. The van der Waals surface area contributed by atoms with Crippen LogP contribution >= 0.6 is 81.1 Å². The van der Waals surface area contributed by atoms with E-state index in [4.69, 9.17) is 4.52 Å². The minimum absolute atomic E-state index is 0.0110. The van der Waals surface area contributed by atoms with Crippen molar-refractivity contribution in [1.82, 2.24) is 0 Å². The molecule has 0 radical (unpaired) electrons. The van der Waals surface area contributed by atoms with Gasteiger partial charge in [0.25, 0.3) is 0 Å². The van der Waals surface area contributed by atoms with Gasteiger partial charge in [-0.15, -0.1) is 44.6 Å². The zero-order valence-corrected chi connectivity index (χ0v) is 27.2. The van der Waals surface area contributed by atoms with Gasteiger partial charge in [0.2, 0.25) is 0 Å². The molecule has 13 heteroatoms. The molecule has 12 atom stereocenters. The minimum atomic E-state index is -0.590. The molecular weight excluding hydrogens is 538 g/mol. The molecule has 2 aliphatic rings. The number of hydrogen-bond donors (Lipinski definition) is 1. The van der Waals surface area contributed by atoms with Crippen molar-refractivity contribution in [2.75, 3.05) is 0 Å². The van der Waals surface area contributed by atoms with Crippen molar-refractivity contribution in [3.63, 3.8) is 0 Å². The molecule has 0 aromatic carbocycles. The van der Waals surface area contributed by atoms with E-state index in [0.717, 1.165) is 20.0 Å². The van der Waals surface area contributed by atoms with Gasteiger partial charge in [-0.25, -0.2) is 0 Å². The van der Waals surface area contributed by atoms with Crippen molar-refractivity contribution in [3.05, 3.63) is 11.1 Å². The molecule has 28 heavy (non-hydrogen) atoms. The van der Waals surface area contributed by atoms with Gasteiger partial charge in [0, 0.05) is 19.3 Å². The Kier molecular flexibility index (Phi) is 11.8. The van der Waals surface area contributed by atoms with Crippen LogP contribution < -0.4 is 0 Å². The summed E-state index contributed by atoms with van der Waals surface area (Å²) < 4.78 is 7.00. The Morgan fingerprint density at radius 3 is 2.29 bits per heavy atom. The van der Waals surface area contributed by atoms with Gasteiger partial charge in [-0.1, -0.05) is 28.7 Å². The van der Waals surface area contributed by atoms with Crippen LogP contribution in [0.3, 0.4) is 0 Å². The van der Waals surface area contributed by atoms with E-state index in [0.29, 0.717) is 18.6 Å². The Balaban J connectivity index is 2.51. The number of aliphatic hydroxyl groups is 1. The highest BCUT2D eigenvalue weighted by Gasteiger charge is 2.48. The lowest BCUT2D eigenvalue weighted by atomic mass is 9.59. The fraction of sp³-hybridized carbons (Fsp3) is 0.800. The monoisotopic (exact) mass is 572 g/mol. The van der Waals surface area contributed by atoms with E-state index in [1.54, 1.807) is 0 Å². The molecule has 0 aromatic rings. The largest absolute Gasteiger partial charge is 0.389 e. The lowest BCUT2D eigenvalue weighted by Gasteiger charge is -2.49. The Bertz CT molecular complexity index is 611. The maximum Gasteiger partial charge on any atom is 0.136 e. The van der Waals surface area contributed by atoms with E-state index < -0.39 is 13.6 Å². The van der Waals surface area contributed by atoms with E-state index in [1.165, 1.54) is 5.57 Å². The first-order valence-electron chi connectivity index (χ1n) is 9.15. The number of rotatable bonds is 6. The second kappa shape index (κ2) is 11.9. The van der Waals surface area contributed by atoms with E-state index in [-0.39, 0.29) is 44.3 Å². The Labute approximate surface area is 188 Å². The maximum absolute atomic E-state index is 12.9. The third-order valence-electron chi connectivity index (χ3n) is 5.95. The summed E-state index contributed by atoms with van der Waals surface area (Å²) in [7, 11) is 15.2. The summed E-state index contributed by atoms with van der Waals surface area (Å²) in [5, 5.41) is 10.8. The zero-order chi connectivity index (χ0) is 21.4. The van der Waals surface area contributed by atoms with Crippen molar-refractivity contribution in [3.8, 4) is 0 Å². The quantitative estimate of drug-likeness (QED) is 0.258. The van der Waals surface area contributed by atoms with Gasteiger partial charge in [-0.2, -0.15) is 0 Å². The number of carbonyl (C=O) groups excluding carboxylic acids is 1. The molecule has 1 fully saturated rings. The van der Waals surface area contributed by atoms with E-state index in [2.05, 4.69) is 72.3 Å². The number of Topliss-reactive ketones (excluding diaryl/α,β-unsaturated/α-hetero) is 1. The van der Waals surface area contributed by atoms with E-state index >= 15 is 0 Å². The molecule has 162 valence electrons. The standard InChI is InChI=1S/C15H34O3P10/c1-8-5-13(18-25(26(20)21)28(24-19)27(22)23)14-9(2)12(17)7-10(6-11(8)16)15(14,3)4/h8,10,12-13,17,24H,5-7,19-23H2,1-4H3. The van der Waals surface area contributed by atoms with Gasteiger partial charge in [0.15, 0.2) is 0 Å². The molecule has 0 heterocycles. The number of hydrogen-bond acceptors (Lipinski definition) is 3. The van der Waals surface area contributed by atoms with Gasteiger partial charge in [-0.05, 0) is 56.2 Å². The van der Waals surface area contributed by atoms with E-state index in [9.17, 15) is 9.90 Å². The van der Waals surface area contributed by atoms with Crippen LogP contribution in [-0.2, 0) is 9.32 Å². The number of aliphatic hydroxyl groups excluding tert-OH is 1. The predicted octanol–water partition coefficient (Wildman–Crippen LogP) is 8.23. The second-order valence-electron chi connectivity index (χ2n) is 8.10. The molecule has 0 aliphatic heterocycles. The van der Waals surface area contributed by atoms with Crippen LogP contribution in [0.5, 0.6) is 0 Å². The van der Waals surface area contributed by atoms with Crippen LogP contribution in [-0.4, -0.2) is 23.1 Å². The highest BCUT2D eigenvalue weighted by molar-refractivity contribution is 9.10. The number of ketones is 1. The minimum Gasteiger partial charge on any atom is -0.389 e. The average molecular weight is 572 g/mol. The van der Waals surface area contributed by atoms with Crippen LogP contribution in [0.4, 0.5) is 0 Å². The number of fused-ring (bicyclic) bond motifs is 2. The Morgan fingerprint density at radius 1 is 1.18 bits per heavy atom. The van der Waals surface area contributed by atoms with Gasteiger partial charge >= 0.3 is 0 Å². The maximum atomic E-state index is 12.9. The lowest BCUT2D eigenvalue weighted by molar-refractivity contribution is -0.126. The van der Waals surface area contributed by atoms with Gasteiger partial charge in [-0.3, -0.25) is 4.79 Å². The fourth-order valence-corrected chi connectivity index (χ4v) is 70.5. The van der Waals surface area contributed by atoms with Crippen molar-refractivity contribution in [2.45, 2.75) is 59.2 Å². The third-order valence-corrected chi connectivity index (χ3v) is 53.2. The molecule has 1 saturated carbocycles. The van der Waals surface area contributed by atoms with Crippen LogP contribution in [0.2, 0.25) is 0 Å². The van der Waals surface area contributed by atoms with Crippen LogP contribution in [0, 0.1) is 17.3 Å². The summed E-state index contributed by atoms with van der Waals surface area (Å²) in [4.78, 5) is 12.9. The second-order valence-corrected chi connectivity index (χ2v) is 42.6. The summed E-state index contributed by atoms with van der Waals surface area (Å²) in [6, 6.07) is 0. The molecule has 2 bridgehead atoms. The first-order chi connectivity index (χ1) is 12.9. The van der Waals surface area contributed by atoms with Crippen LogP contribution in [0.15, 0.2) is 11.1 Å². The van der Waals surface area contributed by atoms with Gasteiger partial charge in [0.05, 0.1) is 19.7 Å². The summed E-state index contributed by atoms with van der Waals surface area (Å²) in [5.41, 5.74) is 2.23. The summed E-state index contributed by atoms with van der Waals surface area (Å²) in [5.74, 6) is 0.528. The zero-order valence-electron chi connectivity index (χ0n) is 16.9. The molecule has 2 aliphatic carbocycles. The third kappa shape index (κ3) is 6.39. The summed E-state index contributed by atoms with van der Waals surface area (Å²) >= 11 is 0. The molecule has 1 N–H and O–H groups in total. The molecule has 0 saturated heterocycles. The van der Waals surface area contributed by atoms with Crippen molar-refractivity contribution in [2.24, 2.45) is 17.3 Å². The van der Waals surface area contributed by atoms with Crippen molar-refractivity contribution < 1.29 is 14.4 Å². The van der Waals surface area contributed by atoms with Crippen LogP contribution in [0.1, 0.15) is 47.0 Å². The Morgan fingerprint density at radius 2 is 1.79 bits per heavy atom.